The molecule has 8 aromatic carbocycles. The second-order valence-electron chi connectivity index (χ2n) is 14.4. The van der Waals surface area contributed by atoms with E-state index in [1.54, 1.807) is 11.3 Å². The van der Waals surface area contributed by atoms with Crippen LogP contribution >= 0.6 is 11.3 Å². The molecule has 0 aliphatic carbocycles. The van der Waals surface area contributed by atoms with Crippen LogP contribution in [0.2, 0.25) is 0 Å². The summed E-state index contributed by atoms with van der Waals surface area (Å²) in [6, 6.07) is 66.6. The molecule has 0 aliphatic rings. The van der Waals surface area contributed by atoms with Crippen molar-refractivity contribution in [3.63, 3.8) is 0 Å². The zero-order valence-electron chi connectivity index (χ0n) is 30.5. The topological polar surface area (TPSA) is 48.5 Å². The first-order chi connectivity index (χ1) is 28.3. The molecule has 0 atom stereocenters. The lowest BCUT2D eigenvalue weighted by Gasteiger charge is -2.14. The molecule has 0 saturated heterocycles. The van der Waals surface area contributed by atoms with Crippen LogP contribution in [-0.2, 0) is 0 Å². The summed E-state index contributed by atoms with van der Waals surface area (Å²) in [5, 5.41) is 7.19. The Kier molecular flexibility index (Phi) is 7.03. The Morgan fingerprint density at radius 3 is 1.70 bits per heavy atom. The van der Waals surface area contributed by atoms with Crippen molar-refractivity contribution in [2.24, 2.45) is 0 Å². The molecule has 266 valence electrons. The van der Waals surface area contributed by atoms with Crippen molar-refractivity contribution in [1.82, 2.24) is 24.1 Å². The predicted octanol–water partition coefficient (Wildman–Crippen LogP) is 13.4. The number of para-hydroxylation sites is 3. The standard InChI is InChI=1S/C51H31N5S/c1-4-16-32(17-5-1)40-31-41-36-22-10-13-25-42(36)55(35-20-8-3-9-21-35)48(41)46-39-24-11-14-26-43(39)56(47(40)46)51-53-49(33-18-6-2-7-19-33)52-50(54-51)34-28-29-38-37-23-12-15-27-44(37)57-45(38)30-34/h1-31H. The summed E-state index contributed by atoms with van der Waals surface area (Å²) >= 11 is 1.80. The molecule has 0 amide bonds. The largest absolute Gasteiger partial charge is 0.309 e. The van der Waals surface area contributed by atoms with Gasteiger partial charge in [0.25, 0.3) is 0 Å². The van der Waals surface area contributed by atoms with E-state index in [0.29, 0.717) is 17.6 Å². The fourth-order valence-electron chi connectivity index (χ4n) is 8.67. The van der Waals surface area contributed by atoms with Crippen LogP contribution < -0.4 is 0 Å². The van der Waals surface area contributed by atoms with E-state index in [0.717, 1.165) is 60.8 Å². The van der Waals surface area contributed by atoms with Gasteiger partial charge in [-0.2, -0.15) is 9.97 Å². The Balaban J connectivity index is 1.24. The van der Waals surface area contributed by atoms with E-state index in [-0.39, 0.29) is 0 Å². The third kappa shape index (κ3) is 4.91. The van der Waals surface area contributed by atoms with E-state index in [1.165, 1.54) is 30.9 Å². The summed E-state index contributed by atoms with van der Waals surface area (Å²) in [5.41, 5.74) is 9.61. The van der Waals surface area contributed by atoms with Crippen molar-refractivity contribution in [2.45, 2.75) is 0 Å². The van der Waals surface area contributed by atoms with Crippen LogP contribution in [0.1, 0.15) is 0 Å². The number of nitrogens with zero attached hydrogens (tertiary/aromatic N) is 5. The fourth-order valence-corrected chi connectivity index (χ4v) is 9.82. The molecule has 0 fully saturated rings. The zero-order valence-corrected chi connectivity index (χ0v) is 31.4. The highest BCUT2D eigenvalue weighted by Crippen LogP contribution is 2.46. The maximum absolute atomic E-state index is 5.41. The van der Waals surface area contributed by atoms with Crippen LogP contribution in [0.25, 0.3) is 109 Å². The summed E-state index contributed by atoms with van der Waals surface area (Å²) in [6.07, 6.45) is 0. The highest BCUT2D eigenvalue weighted by Gasteiger charge is 2.26. The van der Waals surface area contributed by atoms with Gasteiger partial charge in [0.15, 0.2) is 11.6 Å². The minimum atomic E-state index is 0.570. The highest BCUT2D eigenvalue weighted by atomic mass is 32.1. The molecule has 4 heterocycles. The van der Waals surface area contributed by atoms with E-state index in [1.807, 2.05) is 18.2 Å². The zero-order chi connectivity index (χ0) is 37.5. The van der Waals surface area contributed by atoms with Crippen molar-refractivity contribution in [3.05, 3.63) is 188 Å². The lowest BCUT2D eigenvalue weighted by Crippen LogP contribution is -2.07. The maximum Gasteiger partial charge on any atom is 0.238 e. The predicted molar refractivity (Wildman–Crippen MR) is 238 cm³/mol. The van der Waals surface area contributed by atoms with Gasteiger partial charge in [-0.05, 0) is 48.0 Å². The van der Waals surface area contributed by atoms with Gasteiger partial charge in [-0.15, -0.1) is 11.3 Å². The average Bonchev–Trinajstić information content (AvgIpc) is 3.94. The minimum Gasteiger partial charge on any atom is -0.309 e. The quantitative estimate of drug-likeness (QED) is 0.176. The lowest BCUT2D eigenvalue weighted by molar-refractivity contribution is 0.954. The van der Waals surface area contributed by atoms with Crippen molar-refractivity contribution in [3.8, 4) is 45.5 Å². The van der Waals surface area contributed by atoms with Crippen molar-refractivity contribution < 1.29 is 0 Å². The van der Waals surface area contributed by atoms with Crippen molar-refractivity contribution >= 4 is 75.1 Å². The second kappa shape index (κ2) is 12.6. The van der Waals surface area contributed by atoms with Gasteiger partial charge in [0.2, 0.25) is 5.95 Å². The molecule has 0 N–H and O–H groups in total. The molecular weight excluding hydrogens is 715 g/mol. The Morgan fingerprint density at radius 1 is 0.368 bits per heavy atom. The number of aromatic nitrogens is 5. The first kappa shape index (κ1) is 31.9. The van der Waals surface area contributed by atoms with Gasteiger partial charge in [0.1, 0.15) is 0 Å². The normalized spacial score (nSPS) is 11.9. The SMILES string of the molecule is c1ccc(-c2nc(-c3ccc4c(c3)sc3ccccc34)nc(-n3c4ccccc4c4c3c(-c3ccccc3)cc3c5ccccc5n(-c5ccccc5)c34)n2)cc1. The van der Waals surface area contributed by atoms with Crippen LogP contribution in [0.3, 0.4) is 0 Å². The number of thiophene rings is 1. The van der Waals surface area contributed by atoms with Gasteiger partial charge in [-0.1, -0.05) is 146 Å². The molecular formula is C51H31N5S. The Labute approximate surface area is 331 Å². The minimum absolute atomic E-state index is 0.570. The molecule has 0 bridgehead atoms. The number of benzene rings is 8. The van der Waals surface area contributed by atoms with Crippen LogP contribution in [0.15, 0.2) is 188 Å². The first-order valence-corrected chi connectivity index (χ1v) is 19.9. The molecule has 0 spiro atoms. The van der Waals surface area contributed by atoms with E-state index in [4.69, 9.17) is 15.0 Å². The summed E-state index contributed by atoms with van der Waals surface area (Å²) in [4.78, 5) is 15.9. The van der Waals surface area contributed by atoms with Crippen LogP contribution in [-0.4, -0.2) is 24.1 Å². The molecule has 6 heteroatoms. The third-order valence-corrected chi connectivity index (χ3v) is 12.3. The van der Waals surface area contributed by atoms with E-state index >= 15 is 0 Å². The highest BCUT2D eigenvalue weighted by molar-refractivity contribution is 7.25. The first-order valence-electron chi connectivity index (χ1n) is 19.1. The molecule has 4 aromatic heterocycles. The number of hydrogen-bond acceptors (Lipinski definition) is 4. The van der Waals surface area contributed by atoms with Gasteiger partial charge < -0.3 is 4.57 Å². The maximum atomic E-state index is 5.41. The summed E-state index contributed by atoms with van der Waals surface area (Å²) in [7, 11) is 0. The third-order valence-electron chi connectivity index (χ3n) is 11.2. The van der Waals surface area contributed by atoms with Crippen LogP contribution in [0, 0.1) is 0 Å². The average molecular weight is 746 g/mol. The van der Waals surface area contributed by atoms with Crippen LogP contribution in [0.5, 0.6) is 0 Å². The molecule has 12 rings (SSSR count). The molecule has 0 radical (unpaired) electrons. The molecule has 0 saturated carbocycles. The Hall–Kier alpha value is -7.41. The molecule has 5 nitrogen and oxygen atoms in total. The van der Waals surface area contributed by atoms with Gasteiger partial charge in [0, 0.05) is 64.1 Å². The van der Waals surface area contributed by atoms with Crippen LogP contribution in [0.4, 0.5) is 0 Å². The number of rotatable bonds is 5. The van der Waals surface area contributed by atoms with Crippen molar-refractivity contribution in [1.29, 1.82) is 0 Å². The lowest BCUT2D eigenvalue weighted by atomic mass is 9.98. The fraction of sp³-hybridized carbons (Fsp3) is 0. The van der Waals surface area contributed by atoms with E-state index in [2.05, 4.69) is 179 Å². The summed E-state index contributed by atoms with van der Waals surface area (Å²) in [6.45, 7) is 0. The number of hydrogen-bond donors (Lipinski definition) is 0. The van der Waals surface area contributed by atoms with Gasteiger partial charge in [0.05, 0.1) is 22.1 Å². The summed E-state index contributed by atoms with van der Waals surface area (Å²) in [5.74, 6) is 1.82. The Morgan fingerprint density at radius 2 is 0.947 bits per heavy atom. The van der Waals surface area contributed by atoms with Gasteiger partial charge in [-0.25, -0.2) is 4.98 Å². The number of fused-ring (bicyclic) bond motifs is 10. The molecule has 0 aliphatic heterocycles. The smallest absolute Gasteiger partial charge is 0.238 e. The molecule has 0 unspecified atom stereocenters. The summed E-state index contributed by atoms with van der Waals surface area (Å²) < 4.78 is 7.17. The second-order valence-corrected chi connectivity index (χ2v) is 15.5. The van der Waals surface area contributed by atoms with Crippen molar-refractivity contribution in [2.75, 3.05) is 0 Å². The van der Waals surface area contributed by atoms with Gasteiger partial charge in [-0.3, -0.25) is 4.57 Å². The van der Waals surface area contributed by atoms with Gasteiger partial charge >= 0.3 is 0 Å². The Bertz CT molecular complexity index is 3510. The molecule has 57 heavy (non-hydrogen) atoms. The van der Waals surface area contributed by atoms with E-state index in [9.17, 15) is 0 Å². The van der Waals surface area contributed by atoms with E-state index < -0.39 is 0 Å². The molecule has 12 aromatic rings. The monoisotopic (exact) mass is 745 g/mol.